The Hall–Kier alpha value is -0.640. The van der Waals surface area contributed by atoms with Crippen molar-refractivity contribution in [3.63, 3.8) is 0 Å². The smallest absolute Gasteiger partial charge is 0.0415 e. The Kier molecular flexibility index (Phi) is 4.82. The standard InChI is InChI=1S/C16H23NS2/c1-5-13(14-7-6-10-18-14)17-11-12-8-9-15(19-12)16(2,3)4/h6-10,13,17H,5,11H2,1-4H3. The number of hydrogen-bond acceptors (Lipinski definition) is 3. The van der Waals surface area contributed by atoms with E-state index in [2.05, 4.69) is 62.7 Å². The molecule has 0 aliphatic carbocycles. The van der Waals surface area contributed by atoms with Gasteiger partial charge in [0.25, 0.3) is 0 Å². The van der Waals surface area contributed by atoms with Crippen molar-refractivity contribution in [1.29, 1.82) is 0 Å². The summed E-state index contributed by atoms with van der Waals surface area (Å²) in [5.74, 6) is 0. The summed E-state index contributed by atoms with van der Waals surface area (Å²) in [6.07, 6.45) is 1.14. The second-order valence-corrected chi connectivity index (χ2v) is 8.02. The Morgan fingerprint density at radius 3 is 2.53 bits per heavy atom. The SMILES string of the molecule is CCC(NCc1ccc(C(C)(C)C)s1)c1cccs1. The number of rotatable bonds is 5. The van der Waals surface area contributed by atoms with Crippen LogP contribution in [0, 0.1) is 0 Å². The maximum atomic E-state index is 3.67. The minimum atomic E-state index is 0.265. The molecule has 0 radical (unpaired) electrons. The lowest BCUT2D eigenvalue weighted by Crippen LogP contribution is -2.18. The first-order chi connectivity index (χ1) is 9.00. The Labute approximate surface area is 124 Å². The van der Waals surface area contributed by atoms with Crippen molar-refractivity contribution in [3.05, 3.63) is 44.3 Å². The van der Waals surface area contributed by atoms with E-state index in [1.165, 1.54) is 14.6 Å². The minimum Gasteiger partial charge on any atom is -0.304 e. The zero-order valence-corrected chi connectivity index (χ0v) is 13.8. The molecule has 0 spiro atoms. The summed E-state index contributed by atoms with van der Waals surface area (Å²) in [6.45, 7) is 10.0. The Bertz CT molecular complexity index is 491. The Morgan fingerprint density at radius 1 is 1.21 bits per heavy atom. The average Bonchev–Trinajstić information content (AvgIpc) is 2.99. The number of thiophene rings is 2. The summed E-state index contributed by atoms with van der Waals surface area (Å²) in [4.78, 5) is 4.34. The van der Waals surface area contributed by atoms with E-state index in [1.54, 1.807) is 0 Å². The maximum Gasteiger partial charge on any atom is 0.0415 e. The van der Waals surface area contributed by atoms with E-state index >= 15 is 0 Å². The fraction of sp³-hybridized carbons (Fsp3) is 0.500. The summed E-state index contributed by atoms with van der Waals surface area (Å²) >= 11 is 3.77. The lowest BCUT2D eigenvalue weighted by atomic mass is 9.95. The predicted molar refractivity (Wildman–Crippen MR) is 87.2 cm³/mol. The molecule has 19 heavy (non-hydrogen) atoms. The predicted octanol–water partition coefficient (Wildman–Crippen LogP) is 5.35. The number of hydrogen-bond donors (Lipinski definition) is 1. The lowest BCUT2D eigenvalue weighted by Gasteiger charge is -2.16. The van der Waals surface area contributed by atoms with Gasteiger partial charge in [0.1, 0.15) is 0 Å². The van der Waals surface area contributed by atoms with Crippen LogP contribution in [0.2, 0.25) is 0 Å². The molecular formula is C16H23NS2. The molecule has 0 amide bonds. The van der Waals surface area contributed by atoms with E-state index in [-0.39, 0.29) is 5.41 Å². The van der Waals surface area contributed by atoms with Gasteiger partial charge < -0.3 is 5.32 Å². The van der Waals surface area contributed by atoms with Crippen molar-refractivity contribution < 1.29 is 0 Å². The second-order valence-electron chi connectivity index (χ2n) is 5.87. The van der Waals surface area contributed by atoms with Gasteiger partial charge in [0, 0.05) is 27.2 Å². The van der Waals surface area contributed by atoms with E-state index in [9.17, 15) is 0 Å². The van der Waals surface area contributed by atoms with Gasteiger partial charge in [-0.1, -0.05) is 33.8 Å². The molecular weight excluding hydrogens is 270 g/mol. The molecule has 2 aromatic rings. The highest BCUT2D eigenvalue weighted by molar-refractivity contribution is 7.12. The molecule has 0 aliphatic heterocycles. The lowest BCUT2D eigenvalue weighted by molar-refractivity contribution is 0.529. The highest BCUT2D eigenvalue weighted by atomic mass is 32.1. The van der Waals surface area contributed by atoms with Gasteiger partial charge in [0.2, 0.25) is 0 Å². The van der Waals surface area contributed by atoms with Crippen LogP contribution in [0.15, 0.2) is 29.6 Å². The van der Waals surface area contributed by atoms with Crippen LogP contribution in [0.25, 0.3) is 0 Å². The van der Waals surface area contributed by atoms with Crippen molar-refractivity contribution in [2.24, 2.45) is 0 Å². The molecule has 0 aromatic carbocycles. The first kappa shape index (κ1) is 14.8. The third-order valence-electron chi connectivity index (χ3n) is 3.22. The van der Waals surface area contributed by atoms with E-state index in [1.807, 2.05) is 22.7 Å². The summed E-state index contributed by atoms with van der Waals surface area (Å²) in [7, 11) is 0. The first-order valence-electron chi connectivity index (χ1n) is 6.86. The van der Waals surface area contributed by atoms with Gasteiger partial charge in [0.15, 0.2) is 0 Å². The van der Waals surface area contributed by atoms with Crippen LogP contribution in [0.1, 0.15) is 54.8 Å². The minimum absolute atomic E-state index is 0.265. The van der Waals surface area contributed by atoms with Crippen LogP contribution < -0.4 is 5.32 Å². The largest absolute Gasteiger partial charge is 0.304 e. The van der Waals surface area contributed by atoms with Crippen LogP contribution in [0.3, 0.4) is 0 Å². The van der Waals surface area contributed by atoms with Crippen molar-refractivity contribution in [3.8, 4) is 0 Å². The van der Waals surface area contributed by atoms with Crippen molar-refractivity contribution >= 4 is 22.7 Å². The Morgan fingerprint density at radius 2 is 2.00 bits per heavy atom. The molecule has 3 heteroatoms. The summed E-state index contributed by atoms with van der Waals surface area (Å²) in [5, 5.41) is 5.83. The molecule has 1 nitrogen and oxygen atoms in total. The van der Waals surface area contributed by atoms with Crippen LogP contribution >= 0.6 is 22.7 Å². The van der Waals surface area contributed by atoms with Crippen LogP contribution in [0.4, 0.5) is 0 Å². The van der Waals surface area contributed by atoms with E-state index in [0.29, 0.717) is 6.04 Å². The molecule has 0 saturated heterocycles. The first-order valence-corrected chi connectivity index (χ1v) is 8.56. The summed E-state index contributed by atoms with van der Waals surface area (Å²) in [5.41, 5.74) is 0.265. The Balaban J connectivity index is 1.96. The highest BCUT2D eigenvalue weighted by Gasteiger charge is 2.16. The number of nitrogens with one attached hydrogen (secondary N) is 1. The monoisotopic (exact) mass is 293 g/mol. The molecule has 0 saturated carbocycles. The van der Waals surface area contributed by atoms with Gasteiger partial charge in [0.05, 0.1) is 0 Å². The van der Waals surface area contributed by atoms with Crippen molar-refractivity contribution in [2.45, 2.75) is 52.1 Å². The zero-order valence-electron chi connectivity index (χ0n) is 12.2. The summed E-state index contributed by atoms with van der Waals surface area (Å²) < 4.78 is 0. The fourth-order valence-electron chi connectivity index (χ4n) is 2.04. The molecule has 2 rings (SSSR count). The topological polar surface area (TPSA) is 12.0 Å². The summed E-state index contributed by atoms with van der Waals surface area (Å²) in [6, 6.07) is 9.38. The van der Waals surface area contributed by atoms with Gasteiger partial charge >= 0.3 is 0 Å². The van der Waals surface area contributed by atoms with E-state index in [4.69, 9.17) is 0 Å². The molecule has 1 unspecified atom stereocenters. The third kappa shape index (κ3) is 3.91. The molecule has 104 valence electrons. The maximum absolute atomic E-state index is 3.67. The van der Waals surface area contributed by atoms with Gasteiger partial charge in [-0.3, -0.25) is 0 Å². The van der Waals surface area contributed by atoms with Crippen LogP contribution in [-0.4, -0.2) is 0 Å². The quantitative estimate of drug-likeness (QED) is 0.783. The van der Waals surface area contributed by atoms with Gasteiger partial charge in [-0.25, -0.2) is 0 Å². The zero-order chi connectivity index (χ0) is 13.9. The van der Waals surface area contributed by atoms with Crippen LogP contribution in [0.5, 0.6) is 0 Å². The van der Waals surface area contributed by atoms with Crippen molar-refractivity contribution in [1.82, 2.24) is 5.32 Å². The molecule has 0 aliphatic rings. The molecule has 2 aromatic heterocycles. The highest BCUT2D eigenvalue weighted by Crippen LogP contribution is 2.30. The fourth-order valence-corrected chi connectivity index (χ4v) is 3.94. The molecule has 2 heterocycles. The van der Waals surface area contributed by atoms with Crippen molar-refractivity contribution in [2.75, 3.05) is 0 Å². The average molecular weight is 294 g/mol. The molecule has 1 atom stereocenters. The molecule has 0 fully saturated rings. The van der Waals surface area contributed by atoms with Gasteiger partial charge in [-0.2, -0.15) is 0 Å². The van der Waals surface area contributed by atoms with E-state index < -0.39 is 0 Å². The molecule has 0 bridgehead atoms. The normalized spacial score (nSPS) is 13.7. The van der Waals surface area contributed by atoms with E-state index in [0.717, 1.165) is 13.0 Å². The van der Waals surface area contributed by atoms with Gasteiger partial charge in [-0.15, -0.1) is 22.7 Å². The molecule has 1 N–H and O–H groups in total. The third-order valence-corrected chi connectivity index (χ3v) is 5.72. The van der Waals surface area contributed by atoms with Gasteiger partial charge in [-0.05, 0) is 35.4 Å². The second kappa shape index (κ2) is 6.21. The van der Waals surface area contributed by atoms with Crippen LogP contribution in [-0.2, 0) is 12.0 Å².